The molecule has 0 saturated heterocycles. The molecular formula is C18H26ClN3O5. The van der Waals surface area contributed by atoms with E-state index in [1.807, 2.05) is 24.1 Å². The molecule has 1 amide bonds. The third-order valence-electron chi connectivity index (χ3n) is 4.25. The van der Waals surface area contributed by atoms with E-state index in [1.54, 1.807) is 6.07 Å². The monoisotopic (exact) mass is 399 g/mol. The lowest BCUT2D eigenvalue weighted by Gasteiger charge is -2.36. The fraction of sp³-hybridized carbons (Fsp3) is 0.500. The van der Waals surface area contributed by atoms with Crippen LogP contribution in [0, 0.1) is 0 Å². The van der Waals surface area contributed by atoms with Gasteiger partial charge in [0.1, 0.15) is 0 Å². The van der Waals surface area contributed by atoms with Gasteiger partial charge in [-0.15, -0.1) is 0 Å². The SMILES string of the molecule is CCN(CC)CCCN1CN(C)c2ccc(Cl)cc2C1=O.O=C(O)C(=O)O. The Bertz CT molecular complexity index is 667. The molecule has 2 N–H and O–H groups in total. The molecule has 0 radical (unpaired) electrons. The molecule has 9 heteroatoms. The Morgan fingerprint density at radius 2 is 1.78 bits per heavy atom. The van der Waals surface area contributed by atoms with Gasteiger partial charge < -0.3 is 24.9 Å². The lowest BCUT2D eigenvalue weighted by atomic mass is 10.1. The zero-order chi connectivity index (χ0) is 20.6. The van der Waals surface area contributed by atoms with Crippen LogP contribution in [-0.4, -0.2) is 77.8 Å². The number of amides is 1. The molecule has 8 nitrogen and oxygen atoms in total. The minimum atomic E-state index is -1.82. The number of carboxylic acids is 2. The first kappa shape index (κ1) is 22.7. The summed E-state index contributed by atoms with van der Waals surface area (Å²) in [6, 6.07) is 5.52. The van der Waals surface area contributed by atoms with Crippen LogP contribution in [-0.2, 0) is 9.59 Å². The van der Waals surface area contributed by atoms with Crippen LogP contribution in [0.2, 0.25) is 5.02 Å². The molecule has 150 valence electrons. The number of carbonyl (C=O) groups excluding carboxylic acids is 1. The molecule has 1 heterocycles. The molecule has 1 aliphatic rings. The Balaban J connectivity index is 0.000000527. The van der Waals surface area contributed by atoms with Crippen LogP contribution in [0.4, 0.5) is 5.69 Å². The van der Waals surface area contributed by atoms with Crippen LogP contribution in [0.25, 0.3) is 0 Å². The molecule has 0 fully saturated rings. The highest BCUT2D eigenvalue weighted by Crippen LogP contribution is 2.28. The maximum absolute atomic E-state index is 12.6. The quantitative estimate of drug-likeness (QED) is 0.706. The Hall–Kier alpha value is -2.32. The topological polar surface area (TPSA) is 101 Å². The summed E-state index contributed by atoms with van der Waals surface area (Å²) < 4.78 is 0. The second kappa shape index (κ2) is 10.7. The minimum Gasteiger partial charge on any atom is -0.473 e. The maximum Gasteiger partial charge on any atom is 0.414 e. The fourth-order valence-electron chi connectivity index (χ4n) is 2.78. The highest BCUT2D eigenvalue weighted by Gasteiger charge is 2.27. The number of hydrogen-bond donors (Lipinski definition) is 2. The Kier molecular flexibility index (Phi) is 9.04. The smallest absolute Gasteiger partial charge is 0.414 e. The summed E-state index contributed by atoms with van der Waals surface area (Å²) in [6.07, 6.45) is 0.997. The van der Waals surface area contributed by atoms with Gasteiger partial charge in [0.2, 0.25) is 0 Å². The van der Waals surface area contributed by atoms with Crippen molar-refractivity contribution in [1.29, 1.82) is 0 Å². The highest BCUT2D eigenvalue weighted by atomic mass is 35.5. The number of carboxylic acid groups (broad SMARTS) is 2. The van der Waals surface area contributed by atoms with E-state index in [0.29, 0.717) is 17.3 Å². The third-order valence-corrected chi connectivity index (χ3v) is 4.49. The van der Waals surface area contributed by atoms with Gasteiger partial charge in [0.05, 0.1) is 17.9 Å². The molecule has 0 unspecified atom stereocenters. The van der Waals surface area contributed by atoms with Crippen LogP contribution >= 0.6 is 11.6 Å². The molecule has 0 spiro atoms. The van der Waals surface area contributed by atoms with Crippen molar-refractivity contribution >= 4 is 35.1 Å². The fourth-order valence-corrected chi connectivity index (χ4v) is 2.95. The van der Waals surface area contributed by atoms with E-state index in [4.69, 9.17) is 31.4 Å². The molecule has 27 heavy (non-hydrogen) atoms. The number of aliphatic carboxylic acids is 2. The van der Waals surface area contributed by atoms with Crippen molar-refractivity contribution in [3.63, 3.8) is 0 Å². The first-order chi connectivity index (χ1) is 12.7. The summed E-state index contributed by atoms with van der Waals surface area (Å²) in [5.41, 5.74) is 1.67. The maximum atomic E-state index is 12.6. The number of benzene rings is 1. The summed E-state index contributed by atoms with van der Waals surface area (Å²) in [5.74, 6) is -3.56. The number of halogens is 1. The van der Waals surface area contributed by atoms with Gasteiger partial charge in [0, 0.05) is 18.6 Å². The molecule has 0 bridgehead atoms. The van der Waals surface area contributed by atoms with Crippen molar-refractivity contribution in [3.8, 4) is 0 Å². The Morgan fingerprint density at radius 3 is 2.30 bits per heavy atom. The number of rotatable bonds is 6. The van der Waals surface area contributed by atoms with Gasteiger partial charge in [-0.05, 0) is 44.3 Å². The van der Waals surface area contributed by atoms with Crippen molar-refractivity contribution in [2.45, 2.75) is 20.3 Å². The molecule has 0 saturated carbocycles. The van der Waals surface area contributed by atoms with Gasteiger partial charge in [-0.1, -0.05) is 25.4 Å². The van der Waals surface area contributed by atoms with Crippen LogP contribution in [0.5, 0.6) is 0 Å². The predicted molar refractivity (Wildman–Crippen MR) is 103 cm³/mol. The van der Waals surface area contributed by atoms with Crippen LogP contribution in [0.1, 0.15) is 30.6 Å². The molecule has 2 rings (SSSR count). The van der Waals surface area contributed by atoms with E-state index in [9.17, 15) is 4.79 Å². The highest BCUT2D eigenvalue weighted by molar-refractivity contribution is 6.31. The van der Waals surface area contributed by atoms with E-state index in [-0.39, 0.29) is 5.91 Å². The van der Waals surface area contributed by atoms with Crippen molar-refractivity contribution in [3.05, 3.63) is 28.8 Å². The number of nitrogens with zero attached hydrogens (tertiary/aromatic N) is 3. The second-order valence-electron chi connectivity index (χ2n) is 6.06. The average molecular weight is 400 g/mol. The van der Waals surface area contributed by atoms with Crippen molar-refractivity contribution < 1.29 is 24.6 Å². The molecule has 1 aliphatic heterocycles. The Labute approximate surface area is 163 Å². The standard InChI is InChI=1S/C16H24ClN3O.C2H2O4/c1-4-19(5-2)9-6-10-20-12-18(3)15-8-7-13(17)11-14(15)16(20)21;3-1(4)2(5)6/h7-8,11H,4-6,9-10,12H2,1-3H3;(H,3,4)(H,5,6). The summed E-state index contributed by atoms with van der Waals surface area (Å²) in [6.45, 7) is 8.91. The van der Waals surface area contributed by atoms with E-state index < -0.39 is 11.9 Å². The van der Waals surface area contributed by atoms with Crippen LogP contribution < -0.4 is 4.90 Å². The minimum absolute atomic E-state index is 0.0881. The van der Waals surface area contributed by atoms with Gasteiger partial charge in [0.15, 0.2) is 0 Å². The second-order valence-corrected chi connectivity index (χ2v) is 6.50. The largest absolute Gasteiger partial charge is 0.473 e. The number of anilines is 1. The molecule has 0 aromatic heterocycles. The first-order valence-electron chi connectivity index (χ1n) is 8.69. The predicted octanol–water partition coefficient (Wildman–Crippen LogP) is 2.08. The number of hydrogen-bond acceptors (Lipinski definition) is 5. The zero-order valence-electron chi connectivity index (χ0n) is 15.8. The normalized spacial score (nSPS) is 13.1. The molecule has 1 aromatic rings. The van der Waals surface area contributed by atoms with E-state index in [2.05, 4.69) is 23.6 Å². The summed E-state index contributed by atoms with van der Waals surface area (Å²) in [7, 11) is 2.01. The number of carbonyl (C=O) groups is 3. The van der Waals surface area contributed by atoms with Crippen LogP contribution in [0.15, 0.2) is 18.2 Å². The van der Waals surface area contributed by atoms with E-state index in [0.717, 1.165) is 38.3 Å². The van der Waals surface area contributed by atoms with Gasteiger partial charge >= 0.3 is 11.9 Å². The molecule has 0 atom stereocenters. The summed E-state index contributed by atoms with van der Waals surface area (Å²) in [5, 5.41) is 15.4. The molecular weight excluding hydrogens is 374 g/mol. The van der Waals surface area contributed by atoms with Crippen molar-refractivity contribution in [2.75, 3.05) is 44.8 Å². The molecule has 1 aromatic carbocycles. The Morgan fingerprint density at radius 1 is 1.19 bits per heavy atom. The van der Waals surface area contributed by atoms with Gasteiger partial charge in [-0.3, -0.25) is 4.79 Å². The van der Waals surface area contributed by atoms with E-state index in [1.165, 1.54) is 0 Å². The summed E-state index contributed by atoms with van der Waals surface area (Å²) >= 11 is 6.02. The lowest BCUT2D eigenvalue weighted by molar-refractivity contribution is -0.159. The van der Waals surface area contributed by atoms with E-state index >= 15 is 0 Å². The number of fused-ring (bicyclic) bond motifs is 1. The van der Waals surface area contributed by atoms with Gasteiger partial charge in [-0.25, -0.2) is 9.59 Å². The third kappa shape index (κ3) is 6.73. The van der Waals surface area contributed by atoms with Crippen LogP contribution in [0.3, 0.4) is 0 Å². The zero-order valence-corrected chi connectivity index (χ0v) is 16.6. The van der Waals surface area contributed by atoms with Crippen molar-refractivity contribution in [2.24, 2.45) is 0 Å². The first-order valence-corrected chi connectivity index (χ1v) is 9.07. The van der Waals surface area contributed by atoms with Gasteiger partial charge in [0.25, 0.3) is 5.91 Å². The van der Waals surface area contributed by atoms with Gasteiger partial charge in [-0.2, -0.15) is 0 Å². The lowest BCUT2D eigenvalue weighted by Crippen LogP contribution is -2.46. The van der Waals surface area contributed by atoms with Crippen molar-refractivity contribution in [1.82, 2.24) is 9.80 Å². The summed E-state index contributed by atoms with van der Waals surface area (Å²) in [4.78, 5) is 37.1. The average Bonchev–Trinajstić information content (AvgIpc) is 2.63. The molecule has 0 aliphatic carbocycles.